The van der Waals surface area contributed by atoms with Gasteiger partial charge in [-0.15, -0.1) is 0 Å². The van der Waals surface area contributed by atoms with Crippen LogP contribution in [0.15, 0.2) is 24.3 Å². The zero-order chi connectivity index (χ0) is 9.68. The average molecular weight is 291 g/mol. The van der Waals surface area contributed by atoms with Crippen LogP contribution in [0.1, 0.15) is 18.1 Å². The zero-order valence-corrected chi connectivity index (χ0v) is 11.2. The van der Waals surface area contributed by atoms with Crippen LogP contribution in [0.5, 0.6) is 0 Å². The SMILES string of the molecule is CC1=CCc2ccc[c]c21.[Cl][Zr][Cl]. The van der Waals surface area contributed by atoms with Crippen LogP contribution >= 0.6 is 17.0 Å². The Bertz CT molecular complexity index is 308. The number of hydrogen-bond donors (Lipinski definition) is 0. The van der Waals surface area contributed by atoms with Crippen LogP contribution in [0.3, 0.4) is 0 Å². The summed E-state index contributed by atoms with van der Waals surface area (Å²) in [6.45, 7) is 2.14. The van der Waals surface area contributed by atoms with E-state index in [0.29, 0.717) is 0 Å². The molecule has 1 aromatic rings. The first kappa shape index (κ1) is 11.5. The Morgan fingerprint density at radius 1 is 1.46 bits per heavy atom. The molecule has 1 aliphatic carbocycles. The second kappa shape index (κ2) is 6.01. The zero-order valence-electron chi connectivity index (χ0n) is 7.27. The Hall–Kier alpha value is 0.423. The first-order chi connectivity index (χ1) is 6.29. The van der Waals surface area contributed by atoms with Crippen molar-refractivity contribution in [2.75, 3.05) is 0 Å². The first-order valence-electron chi connectivity index (χ1n) is 3.92. The third kappa shape index (κ3) is 3.24. The molecule has 0 amide bonds. The maximum absolute atomic E-state index is 4.93. The molecule has 0 nitrogen and oxygen atoms in total. The topological polar surface area (TPSA) is 0 Å². The van der Waals surface area contributed by atoms with Crippen LogP contribution < -0.4 is 0 Å². The van der Waals surface area contributed by atoms with E-state index in [2.05, 4.69) is 25.1 Å². The van der Waals surface area contributed by atoms with Gasteiger partial charge in [-0.05, 0) is 36.1 Å². The number of halogens is 2. The van der Waals surface area contributed by atoms with E-state index >= 15 is 0 Å². The van der Waals surface area contributed by atoms with Crippen molar-refractivity contribution in [1.82, 2.24) is 0 Å². The molecule has 0 aromatic heterocycles. The second-order valence-electron chi connectivity index (χ2n) is 2.73. The molecule has 0 unspecified atom stereocenters. The quantitative estimate of drug-likeness (QED) is 0.681. The van der Waals surface area contributed by atoms with E-state index in [1.165, 1.54) is 16.7 Å². The molecule has 1 aliphatic rings. The minimum absolute atomic E-state index is 0.826. The summed E-state index contributed by atoms with van der Waals surface area (Å²) in [4.78, 5) is 0. The molecule has 0 saturated heterocycles. The summed E-state index contributed by atoms with van der Waals surface area (Å²) >= 11 is -0.826. The van der Waals surface area contributed by atoms with Crippen molar-refractivity contribution in [3.8, 4) is 0 Å². The van der Waals surface area contributed by atoms with Crippen LogP contribution in [0.25, 0.3) is 5.57 Å². The average Bonchev–Trinajstić information content (AvgIpc) is 2.50. The molecule has 0 bridgehead atoms. The monoisotopic (exact) mass is 289 g/mol. The fraction of sp³-hybridized carbons (Fsp3) is 0.200. The Labute approximate surface area is 97.6 Å². The Kier molecular flexibility index (Phi) is 5.32. The molecule has 0 fully saturated rings. The summed E-state index contributed by atoms with van der Waals surface area (Å²) in [6.07, 6.45) is 3.35. The van der Waals surface area contributed by atoms with E-state index in [4.69, 9.17) is 17.0 Å². The molecular weight excluding hydrogens is 282 g/mol. The normalized spacial score (nSPS) is 12.4. The molecule has 1 radical (unpaired) electrons. The molecule has 0 spiro atoms. The summed E-state index contributed by atoms with van der Waals surface area (Å²) in [5.41, 5.74) is 4.10. The van der Waals surface area contributed by atoms with E-state index in [9.17, 15) is 0 Å². The predicted octanol–water partition coefficient (Wildman–Crippen LogP) is 3.82. The van der Waals surface area contributed by atoms with Crippen molar-refractivity contribution < 1.29 is 20.8 Å². The first-order valence-corrected chi connectivity index (χ1v) is 10.3. The van der Waals surface area contributed by atoms with Gasteiger partial charge >= 0.3 is 37.9 Å². The van der Waals surface area contributed by atoms with Crippen molar-refractivity contribution in [2.45, 2.75) is 13.3 Å². The van der Waals surface area contributed by atoms with Gasteiger partial charge < -0.3 is 0 Å². The molecule has 13 heavy (non-hydrogen) atoms. The summed E-state index contributed by atoms with van der Waals surface area (Å²) in [5.74, 6) is 0. The third-order valence-electron chi connectivity index (χ3n) is 1.96. The maximum atomic E-state index is 4.93. The predicted molar refractivity (Wildman–Crippen MR) is 54.3 cm³/mol. The molecule has 2 rings (SSSR count). The van der Waals surface area contributed by atoms with Gasteiger partial charge in [0.25, 0.3) is 0 Å². The molecule has 0 N–H and O–H groups in total. The third-order valence-corrected chi connectivity index (χ3v) is 1.96. The van der Waals surface area contributed by atoms with Gasteiger partial charge in [-0.3, -0.25) is 0 Å². The number of fused-ring (bicyclic) bond motifs is 1. The van der Waals surface area contributed by atoms with Gasteiger partial charge in [-0.2, -0.15) is 0 Å². The number of allylic oxidation sites excluding steroid dienone is 2. The fourth-order valence-corrected chi connectivity index (χ4v) is 1.37. The molecule has 1 aromatic carbocycles. The Morgan fingerprint density at radius 3 is 2.77 bits per heavy atom. The summed E-state index contributed by atoms with van der Waals surface area (Å²) < 4.78 is 0. The van der Waals surface area contributed by atoms with Gasteiger partial charge in [0, 0.05) is 0 Å². The molecular formula is C10H9Cl2Zr. The molecule has 0 saturated carbocycles. The number of hydrogen-bond acceptors (Lipinski definition) is 0. The van der Waals surface area contributed by atoms with Crippen molar-refractivity contribution in [3.63, 3.8) is 0 Å². The van der Waals surface area contributed by atoms with Gasteiger partial charge in [-0.25, -0.2) is 0 Å². The minimum atomic E-state index is -0.826. The molecule has 3 heteroatoms. The summed E-state index contributed by atoms with van der Waals surface area (Å²) in [6, 6.07) is 9.42. The molecule has 0 heterocycles. The molecule has 0 atom stereocenters. The molecule has 0 aliphatic heterocycles. The Morgan fingerprint density at radius 2 is 2.15 bits per heavy atom. The van der Waals surface area contributed by atoms with Gasteiger partial charge in [0.2, 0.25) is 0 Å². The van der Waals surface area contributed by atoms with Gasteiger partial charge in [0.1, 0.15) is 0 Å². The van der Waals surface area contributed by atoms with E-state index in [0.717, 1.165) is 6.42 Å². The van der Waals surface area contributed by atoms with Gasteiger partial charge in [0.05, 0.1) is 0 Å². The van der Waals surface area contributed by atoms with Crippen molar-refractivity contribution in [2.24, 2.45) is 0 Å². The van der Waals surface area contributed by atoms with Gasteiger partial charge in [-0.1, -0.05) is 24.3 Å². The van der Waals surface area contributed by atoms with E-state index in [1.54, 1.807) is 0 Å². The standard InChI is InChI=1S/C10H9.2ClH.Zr/c1-8-6-7-9-4-2-3-5-10(8)9;;;/h2-4,6H,7H2,1H3;2*1H;/q;;;+2/p-2. The van der Waals surface area contributed by atoms with Crippen LogP contribution in [0.2, 0.25) is 0 Å². The fourth-order valence-electron chi connectivity index (χ4n) is 1.37. The Balaban J connectivity index is 0.000000251. The van der Waals surface area contributed by atoms with Crippen molar-refractivity contribution in [3.05, 3.63) is 41.5 Å². The number of rotatable bonds is 0. The van der Waals surface area contributed by atoms with E-state index in [1.807, 2.05) is 12.1 Å². The van der Waals surface area contributed by atoms with Crippen LogP contribution in [0, 0.1) is 6.07 Å². The summed E-state index contributed by atoms with van der Waals surface area (Å²) in [5, 5.41) is 0. The molecule has 67 valence electrons. The van der Waals surface area contributed by atoms with E-state index in [-0.39, 0.29) is 0 Å². The summed E-state index contributed by atoms with van der Waals surface area (Å²) in [7, 11) is 9.87. The number of benzene rings is 1. The van der Waals surface area contributed by atoms with Gasteiger partial charge in [0.15, 0.2) is 0 Å². The van der Waals surface area contributed by atoms with Crippen LogP contribution in [-0.4, -0.2) is 0 Å². The van der Waals surface area contributed by atoms with Crippen LogP contribution in [-0.2, 0) is 27.3 Å². The van der Waals surface area contributed by atoms with Crippen LogP contribution in [0.4, 0.5) is 0 Å². The van der Waals surface area contributed by atoms with Crippen molar-refractivity contribution in [1.29, 1.82) is 0 Å². The van der Waals surface area contributed by atoms with E-state index < -0.39 is 20.8 Å². The van der Waals surface area contributed by atoms with Crippen molar-refractivity contribution >= 4 is 22.6 Å². The second-order valence-corrected chi connectivity index (χ2v) is 6.46.